The second-order valence-electron chi connectivity index (χ2n) is 5.29. The Kier molecular flexibility index (Phi) is 5.09. The van der Waals surface area contributed by atoms with Crippen LogP contribution in [-0.4, -0.2) is 40.0 Å². The number of hydrogen-bond acceptors (Lipinski definition) is 3. The van der Waals surface area contributed by atoms with Gasteiger partial charge in [0.1, 0.15) is 0 Å². The zero-order valence-electron chi connectivity index (χ0n) is 11.5. The Morgan fingerprint density at radius 1 is 1.35 bits per heavy atom. The highest BCUT2D eigenvalue weighted by atomic mass is 16.4. The monoisotopic (exact) mass is 276 g/mol. The van der Waals surface area contributed by atoms with Crippen LogP contribution in [-0.2, 0) is 16.0 Å². The van der Waals surface area contributed by atoms with E-state index in [0.717, 1.165) is 37.9 Å². The highest BCUT2D eigenvalue weighted by Crippen LogP contribution is 2.22. The van der Waals surface area contributed by atoms with Gasteiger partial charge in [0.15, 0.2) is 0 Å². The first-order valence-corrected chi connectivity index (χ1v) is 7.03. The number of carbonyl (C=O) groups is 2. The lowest BCUT2D eigenvalue weighted by atomic mass is 9.92. The lowest BCUT2D eigenvalue weighted by Crippen LogP contribution is -2.39. The Labute approximate surface area is 118 Å². The Balaban J connectivity index is 1.76. The molecule has 1 N–H and O–H groups in total. The zero-order valence-corrected chi connectivity index (χ0v) is 11.5. The van der Waals surface area contributed by atoms with Gasteiger partial charge in [0.25, 0.3) is 0 Å². The minimum absolute atomic E-state index is 0.134. The summed E-state index contributed by atoms with van der Waals surface area (Å²) in [5, 5.41) is 8.68. The molecule has 1 aliphatic rings. The number of pyridine rings is 1. The van der Waals surface area contributed by atoms with E-state index >= 15 is 0 Å². The summed E-state index contributed by atoms with van der Waals surface area (Å²) in [6.07, 6.45) is 6.58. The van der Waals surface area contributed by atoms with Crippen molar-refractivity contribution in [3.05, 3.63) is 30.1 Å². The Hall–Kier alpha value is -1.91. The Morgan fingerprint density at radius 2 is 2.10 bits per heavy atom. The number of hydrogen-bond donors (Lipinski definition) is 1. The van der Waals surface area contributed by atoms with Gasteiger partial charge in [-0.2, -0.15) is 0 Å². The number of carboxylic acid groups (broad SMARTS) is 1. The quantitative estimate of drug-likeness (QED) is 0.889. The molecule has 2 rings (SSSR count). The van der Waals surface area contributed by atoms with Crippen molar-refractivity contribution in [3.63, 3.8) is 0 Å². The van der Waals surface area contributed by atoms with Gasteiger partial charge in [-0.25, -0.2) is 0 Å². The van der Waals surface area contributed by atoms with Crippen molar-refractivity contribution in [2.24, 2.45) is 5.92 Å². The second-order valence-corrected chi connectivity index (χ2v) is 5.29. The molecule has 0 aliphatic carbocycles. The molecule has 0 aromatic carbocycles. The number of likely N-dealkylation sites (tertiary alicyclic amines) is 1. The summed E-state index contributed by atoms with van der Waals surface area (Å²) in [7, 11) is 0. The molecule has 0 spiro atoms. The predicted molar refractivity (Wildman–Crippen MR) is 74.1 cm³/mol. The maximum atomic E-state index is 12.1. The fourth-order valence-corrected chi connectivity index (χ4v) is 2.59. The van der Waals surface area contributed by atoms with Crippen LogP contribution in [0.1, 0.15) is 31.2 Å². The van der Waals surface area contributed by atoms with E-state index in [2.05, 4.69) is 4.98 Å². The molecule has 2 heterocycles. The number of carboxylic acids is 1. The smallest absolute Gasteiger partial charge is 0.303 e. The third kappa shape index (κ3) is 4.33. The lowest BCUT2D eigenvalue weighted by Gasteiger charge is -2.32. The molecule has 1 aromatic heterocycles. The van der Waals surface area contributed by atoms with E-state index in [1.54, 1.807) is 12.4 Å². The van der Waals surface area contributed by atoms with Gasteiger partial charge in [0.05, 0.1) is 6.42 Å². The normalized spacial score (nSPS) is 16.1. The molecule has 1 fully saturated rings. The van der Waals surface area contributed by atoms with Crippen molar-refractivity contribution in [1.29, 1.82) is 0 Å². The molecule has 0 atom stereocenters. The first-order chi connectivity index (χ1) is 9.65. The van der Waals surface area contributed by atoms with Crippen LogP contribution in [0.15, 0.2) is 24.5 Å². The molecule has 0 radical (unpaired) electrons. The zero-order chi connectivity index (χ0) is 14.4. The van der Waals surface area contributed by atoms with E-state index in [0.29, 0.717) is 12.3 Å². The molecular formula is C15H20N2O3. The predicted octanol–water partition coefficient (Wildman–Crippen LogP) is 1.73. The third-order valence-electron chi connectivity index (χ3n) is 3.81. The number of amides is 1. The SMILES string of the molecule is O=C(O)CCC1CCN(C(=O)Cc2cccnc2)CC1. The molecular weight excluding hydrogens is 256 g/mol. The van der Waals surface area contributed by atoms with E-state index in [4.69, 9.17) is 5.11 Å². The molecule has 1 saturated heterocycles. The third-order valence-corrected chi connectivity index (χ3v) is 3.81. The van der Waals surface area contributed by atoms with Gasteiger partial charge in [-0.3, -0.25) is 14.6 Å². The van der Waals surface area contributed by atoms with E-state index in [9.17, 15) is 9.59 Å². The summed E-state index contributed by atoms with van der Waals surface area (Å²) < 4.78 is 0. The summed E-state index contributed by atoms with van der Waals surface area (Å²) >= 11 is 0. The van der Waals surface area contributed by atoms with Gasteiger partial charge in [0, 0.05) is 31.9 Å². The molecule has 5 nitrogen and oxygen atoms in total. The fourth-order valence-electron chi connectivity index (χ4n) is 2.59. The minimum atomic E-state index is -0.736. The average Bonchev–Trinajstić information content (AvgIpc) is 2.46. The van der Waals surface area contributed by atoms with Crippen LogP contribution in [0.2, 0.25) is 0 Å². The van der Waals surface area contributed by atoms with Crippen molar-refractivity contribution in [2.45, 2.75) is 32.1 Å². The number of rotatable bonds is 5. The molecule has 108 valence electrons. The van der Waals surface area contributed by atoms with Crippen LogP contribution in [0.3, 0.4) is 0 Å². The highest BCUT2D eigenvalue weighted by molar-refractivity contribution is 5.78. The van der Waals surface area contributed by atoms with Gasteiger partial charge in [-0.1, -0.05) is 6.07 Å². The van der Waals surface area contributed by atoms with Crippen molar-refractivity contribution >= 4 is 11.9 Å². The molecule has 20 heavy (non-hydrogen) atoms. The molecule has 5 heteroatoms. The number of piperidine rings is 1. The van der Waals surface area contributed by atoms with Crippen LogP contribution < -0.4 is 0 Å². The van der Waals surface area contributed by atoms with Crippen molar-refractivity contribution < 1.29 is 14.7 Å². The molecule has 1 aromatic rings. The first-order valence-electron chi connectivity index (χ1n) is 7.03. The van der Waals surface area contributed by atoms with Crippen LogP contribution in [0.4, 0.5) is 0 Å². The second kappa shape index (κ2) is 7.03. The van der Waals surface area contributed by atoms with Gasteiger partial charge in [0.2, 0.25) is 5.91 Å². The highest BCUT2D eigenvalue weighted by Gasteiger charge is 2.23. The molecule has 0 saturated carbocycles. The number of carbonyl (C=O) groups excluding carboxylic acids is 1. The topological polar surface area (TPSA) is 70.5 Å². The van der Waals surface area contributed by atoms with E-state index in [1.807, 2.05) is 17.0 Å². The average molecular weight is 276 g/mol. The van der Waals surface area contributed by atoms with Crippen molar-refractivity contribution in [1.82, 2.24) is 9.88 Å². The van der Waals surface area contributed by atoms with Gasteiger partial charge < -0.3 is 10.0 Å². The summed E-state index contributed by atoms with van der Waals surface area (Å²) in [5.41, 5.74) is 0.936. The van der Waals surface area contributed by atoms with Gasteiger partial charge >= 0.3 is 5.97 Å². The molecule has 1 amide bonds. The standard InChI is InChI=1S/C15H20N2O3/c18-14(10-13-2-1-7-16-11-13)17-8-5-12(6-9-17)3-4-15(19)20/h1-2,7,11-12H,3-6,8-10H2,(H,19,20). The summed E-state index contributed by atoms with van der Waals surface area (Å²) in [6.45, 7) is 1.48. The summed E-state index contributed by atoms with van der Waals surface area (Å²) in [4.78, 5) is 28.6. The number of nitrogens with zero attached hydrogens (tertiary/aromatic N) is 2. The van der Waals surface area contributed by atoms with Crippen LogP contribution in [0.25, 0.3) is 0 Å². The van der Waals surface area contributed by atoms with Crippen LogP contribution in [0, 0.1) is 5.92 Å². The van der Waals surface area contributed by atoms with Gasteiger partial charge in [-0.05, 0) is 36.8 Å². The van der Waals surface area contributed by atoms with Gasteiger partial charge in [-0.15, -0.1) is 0 Å². The van der Waals surface area contributed by atoms with Crippen molar-refractivity contribution in [2.75, 3.05) is 13.1 Å². The van der Waals surface area contributed by atoms with E-state index in [-0.39, 0.29) is 12.3 Å². The molecule has 1 aliphatic heterocycles. The summed E-state index contributed by atoms with van der Waals surface area (Å²) in [6, 6.07) is 3.74. The van der Waals surface area contributed by atoms with Crippen LogP contribution >= 0.6 is 0 Å². The molecule has 0 bridgehead atoms. The van der Waals surface area contributed by atoms with E-state index in [1.165, 1.54) is 0 Å². The largest absolute Gasteiger partial charge is 0.481 e. The fraction of sp³-hybridized carbons (Fsp3) is 0.533. The molecule has 0 unspecified atom stereocenters. The maximum absolute atomic E-state index is 12.1. The van der Waals surface area contributed by atoms with Crippen molar-refractivity contribution in [3.8, 4) is 0 Å². The number of aliphatic carboxylic acids is 1. The lowest BCUT2D eigenvalue weighted by molar-refractivity contribution is -0.138. The Bertz CT molecular complexity index is 453. The Morgan fingerprint density at radius 3 is 2.70 bits per heavy atom. The minimum Gasteiger partial charge on any atom is -0.481 e. The van der Waals surface area contributed by atoms with E-state index < -0.39 is 5.97 Å². The number of aromatic nitrogens is 1. The van der Waals surface area contributed by atoms with Crippen LogP contribution in [0.5, 0.6) is 0 Å². The maximum Gasteiger partial charge on any atom is 0.303 e. The summed E-state index contributed by atoms with van der Waals surface area (Å²) in [5.74, 6) is -0.164. The first kappa shape index (κ1) is 14.5.